The van der Waals surface area contributed by atoms with Crippen LogP contribution in [0.1, 0.15) is 285 Å². The Morgan fingerprint density at radius 1 is 0.326 bits per heavy atom. The van der Waals surface area contributed by atoms with Crippen LogP contribution in [0.5, 0.6) is 0 Å². The minimum Gasteiger partial charge on any atom is -0.462 e. The first-order chi connectivity index (χ1) is 44.7. The smallest absolute Gasteiger partial charge is 0.462 e. The lowest BCUT2D eigenvalue weighted by Gasteiger charge is -2.21. The van der Waals surface area contributed by atoms with Gasteiger partial charge in [0, 0.05) is 19.3 Å². The number of hydrogen-bond acceptors (Lipinski definition) is 15. The summed E-state index contributed by atoms with van der Waals surface area (Å²) in [5.41, 5.74) is 0. The fourth-order valence-electron chi connectivity index (χ4n) is 9.07. The molecule has 19 heteroatoms. The number of esters is 4. The first kappa shape index (κ1) is 88.0. The molecule has 0 amide bonds. The molecule has 5 unspecified atom stereocenters. The number of phosphoric ester groups is 2. The molecule has 0 radical (unpaired) electrons. The van der Waals surface area contributed by atoms with Crippen molar-refractivity contribution in [3.8, 4) is 0 Å². The molecular formula is C73H126O17P2. The van der Waals surface area contributed by atoms with Gasteiger partial charge in [0.05, 0.1) is 32.8 Å². The zero-order valence-corrected chi connectivity index (χ0v) is 59.2. The van der Waals surface area contributed by atoms with Crippen molar-refractivity contribution >= 4 is 39.5 Å². The van der Waals surface area contributed by atoms with Crippen LogP contribution >= 0.6 is 15.6 Å². The van der Waals surface area contributed by atoms with Gasteiger partial charge in [0.15, 0.2) is 12.2 Å². The quantitative estimate of drug-likeness (QED) is 0.0169. The van der Waals surface area contributed by atoms with Gasteiger partial charge in [0.2, 0.25) is 0 Å². The normalized spacial score (nSPS) is 14.6. The molecule has 17 nitrogen and oxygen atoms in total. The van der Waals surface area contributed by atoms with Crippen LogP contribution in [-0.2, 0) is 65.4 Å². The molecule has 0 aromatic rings. The molecule has 0 heterocycles. The third-order valence-electron chi connectivity index (χ3n) is 14.5. The molecule has 92 heavy (non-hydrogen) atoms. The van der Waals surface area contributed by atoms with Crippen LogP contribution in [0, 0.1) is 0 Å². The maximum Gasteiger partial charge on any atom is 0.472 e. The number of rotatable bonds is 66. The standard InChI is InChI=1S/C73H126O17P2/c1-5-9-13-17-21-25-29-31-33-35-39-42-46-50-54-58-71(76)84-64-69(90-73(78)60-56-52-48-44-40-36-34-32-30-26-22-18-14-10-6-2)66-88-92(81,82)86-62-67(74)61-85-91(79,80)87-65-68(89-72(77)59-55-51-47-43-38-28-24-20-16-12-8-4)63-83-70(75)57-53-49-45-41-37-27-23-19-15-11-7-3/h9,13,19-21,23-25,31-34,39,42,50,54,67-69,74H,5-8,10-12,14-18,22,26-30,35-38,40-41,43-49,51-53,55-66H2,1-4H3,(H,79,80)(H,81,82)/b13-9-,23-19-,24-20-,25-21-,33-31-,34-32-,42-39-,54-50-. The van der Waals surface area contributed by atoms with E-state index in [9.17, 15) is 43.2 Å². The van der Waals surface area contributed by atoms with Crippen LogP contribution in [0.15, 0.2) is 97.2 Å². The molecule has 0 bridgehead atoms. The molecule has 0 spiro atoms. The highest BCUT2D eigenvalue weighted by Gasteiger charge is 2.30. The Kier molecular flexibility index (Phi) is 62.8. The number of carbonyl (C=O) groups is 4. The number of phosphoric acid groups is 2. The lowest BCUT2D eigenvalue weighted by molar-refractivity contribution is -0.161. The largest absolute Gasteiger partial charge is 0.472 e. The Hall–Kier alpha value is -4.02. The second-order valence-corrected chi connectivity index (χ2v) is 26.4. The summed E-state index contributed by atoms with van der Waals surface area (Å²) in [5.74, 6) is -2.35. The van der Waals surface area contributed by atoms with Crippen LogP contribution < -0.4 is 0 Å². The van der Waals surface area contributed by atoms with Crippen molar-refractivity contribution in [2.24, 2.45) is 0 Å². The van der Waals surface area contributed by atoms with Crippen molar-refractivity contribution < 1.29 is 80.2 Å². The summed E-state index contributed by atoms with van der Waals surface area (Å²) < 4.78 is 68.0. The molecule has 0 fully saturated rings. The predicted octanol–water partition coefficient (Wildman–Crippen LogP) is 19.7. The van der Waals surface area contributed by atoms with Crippen molar-refractivity contribution in [3.63, 3.8) is 0 Å². The number of hydrogen-bond donors (Lipinski definition) is 3. The lowest BCUT2D eigenvalue weighted by Crippen LogP contribution is -2.30. The van der Waals surface area contributed by atoms with E-state index in [1.54, 1.807) is 6.08 Å². The monoisotopic (exact) mass is 1340 g/mol. The molecule has 0 saturated heterocycles. The number of unbranched alkanes of at least 4 members (excludes halogenated alkanes) is 25. The van der Waals surface area contributed by atoms with Crippen molar-refractivity contribution in [2.45, 2.75) is 303 Å². The van der Waals surface area contributed by atoms with Gasteiger partial charge in [0.25, 0.3) is 0 Å². The predicted molar refractivity (Wildman–Crippen MR) is 372 cm³/mol. The maximum absolute atomic E-state index is 13.0. The van der Waals surface area contributed by atoms with Crippen LogP contribution in [0.2, 0.25) is 0 Å². The summed E-state index contributed by atoms with van der Waals surface area (Å²) in [7, 11) is -9.96. The van der Waals surface area contributed by atoms with Crippen LogP contribution in [0.25, 0.3) is 0 Å². The van der Waals surface area contributed by atoms with Gasteiger partial charge in [-0.15, -0.1) is 0 Å². The molecular weight excluding hydrogens is 1210 g/mol. The minimum absolute atomic E-state index is 0.0655. The first-order valence-corrected chi connectivity index (χ1v) is 38.5. The summed E-state index contributed by atoms with van der Waals surface area (Å²) >= 11 is 0. The zero-order valence-electron chi connectivity index (χ0n) is 57.4. The van der Waals surface area contributed by atoms with Gasteiger partial charge in [-0.25, -0.2) is 9.13 Å². The van der Waals surface area contributed by atoms with Crippen molar-refractivity contribution in [2.75, 3.05) is 39.6 Å². The zero-order chi connectivity index (χ0) is 67.5. The highest BCUT2D eigenvalue weighted by molar-refractivity contribution is 7.47. The number of carbonyl (C=O) groups excluding carboxylic acids is 4. The van der Waals surface area contributed by atoms with E-state index in [4.69, 9.17) is 37.0 Å². The molecule has 0 aliphatic rings. The van der Waals surface area contributed by atoms with Crippen molar-refractivity contribution in [1.29, 1.82) is 0 Å². The average Bonchev–Trinajstić information content (AvgIpc) is 2.93. The Labute approximate surface area is 557 Å². The number of aliphatic hydroxyl groups is 1. The van der Waals surface area contributed by atoms with E-state index in [1.807, 2.05) is 18.2 Å². The van der Waals surface area contributed by atoms with E-state index in [0.29, 0.717) is 25.7 Å². The second-order valence-electron chi connectivity index (χ2n) is 23.5. The molecule has 0 aliphatic heterocycles. The maximum atomic E-state index is 13.0. The van der Waals surface area contributed by atoms with E-state index in [2.05, 4.69) is 101 Å². The van der Waals surface area contributed by atoms with Gasteiger partial charge in [0.1, 0.15) is 19.3 Å². The van der Waals surface area contributed by atoms with Gasteiger partial charge in [-0.05, 0) is 116 Å². The summed E-state index contributed by atoms with van der Waals surface area (Å²) in [5, 5.41) is 10.6. The Bertz CT molecular complexity index is 2130. The van der Waals surface area contributed by atoms with Crippen LogP contribution in [-0.4, -0.2) is 96.7 Å². The number of aliphatic hydroxyl groups excluding tert-OH is 1. The van der Waals surface area contributed by atoms with Gasteiger partial charge in [-0.2, -0.15) is 0 Å². The van der Waals surface area contributed by atoms with E-state index in [0.717, 1.165) is 141 Å². The van der Waals surface area contributed by atoms with Gasteiger partial charge >= 0.3 is 39.5 Å². The van der Waals surface area contributed by atoms with E-state index in [1.165, 1.54) is 64.2 Å². The molecule has 0 saturated carbocycles. The highest BCUT2D eigenvalue weighted by atomic mass is 31.2. The molecule has 5 atom stereocenters. The molecule has 3 N–H and O–H groups in total. The fraction of sp³-hybridized carbons (Fsp3) is 0.726. The van der Waals surface area contributed by atoms with Gasteiger partial charge in [-0.3, -0.25) is 37.3 Å². The van der Waals surface area contributed by atoms with E-state index in [-0.39, 0.29) is 25.7 Å². The van der Waals surface area contributed by atoms with Gasteiger partial charge in [-0.1, -0.05) is 240 Å². The number of allylic oxidation sites excluding steroid dienone is 15. The molecule has 0 aromatic heterocycles. The van der Waals surface area contributed by atoms with Crippen molar-refractivity contribution in [1.82, 2.24) is 0 Å². The highest BCUT2D eigenvalue weighted by Crippen LogP contribution is 2.45. The molecule has 530 valence electrons. The summed E-state index contributed by atoms with van der Waals surface area (Å²) in [4.78, 5) is 72.4. The molecule has 0 aromatic carbocycles. The topological polar surface area (TPSA) is 237 Å². The Morgan fingerprint density at radius 2 is 0.620 bits per heavy atom. The van der Waals surface area contributed by atoms with Crippen molar-refractivity contribution in [3.05, 3.63) is 97.2 Å². The van der Waals surface area contributed by atoms with Crippen LogP contribution in [0.4, 0.5) is 0 Å². The Balaban J connectivity index is 5.40. The second kappa shape index (κ2) is 65.6. The third-order valence-corrected chi connectivity index (χ3v) is 16.4. The number of ether oxygens (including phenoxy) is 4. The fourth-order valence-corrected chi connectivity index (χ4v) is 10.7. The Morgan fingerprint density at radius 3 is 0.989 bits per heavy atom. The lowest BCUT2D eigenvalue weighted by atomic mass is 10.1. The molecule has 0 rings (SSSR count). The average molecular weight is 1340 g/mol. The summed E-state index contributed by atoms with van der Waals surface area (Å²) in [6, 6.07) is 0. The SMILES string of the molecule is CC/C=C\C/C=C\C/C=C\C/C=C\C/C=C\CC(=O)OCC(COP(=O)(O)OCC(O)COP(=O)(O)OCC(COC(=O)CCCCCCC/C=C\CCCC)OC(=O)CCCCCCC/C=C\CCCC)OC(=O)CCCCCCC/C=C\CCCCCCCC. The minimum atomic E-state index is -4.99. The summed E-state index contributed by atoms with van der Waals surface area (Å²) in [6.07, 6.45) is 66.0. The van der Waals surface area contributed by atoms with Crippen LogP contribution in [0.3, 0.4) is 0 Å². The molecule has 0 aliphatic carbocycles. The van der Waals surface area contributed by atoms with Gasteiger partial charge < -0.3 is 33.8 Å². The third kappa shape index (κ3) is 64.7. The van der Waals surface area contributed by atoms with E-state index >= 15 is 0 Å². The summed E-state index contributed by atoms with van der Waals surface area (Å²) in [6.45, 7) is 4.52. The first-order valence-electron chi connectivity index (χ1n) is 35.5. The van der Waals surface area contributed by atoms with E-state index < -0.39 is 97.5 Å².